The highest BCUT2D eigenvalue weighted by atomic mass is 16.5. The summed E-state index contributed by atoms with van der Waals surface area (Å²) in [4.78, 5) is 14.5. The first kappa shape index (κ1) is 15.8. The molecule has 4 heteroatoms. The van der Waals surface area contributed by atoms with Crippen LogP contribution in [-0.2, 0) is 0 Å². The number of amides is 1. The van der Waals surface area contributed by atoms with Crippen LogP contribution in [0.3, 0.4) is 0 Å². The summed E-state index contributed by atoms with van der Waals surface area (Å²) in [6.07, 6.45) is 3.95. The Morgan fingerprint density at radius 1 is 1.33 bits per heavy atom. The summed E-state index contributed by atoms with van der Waals surface area (Å²) >= 11 is 0. The van der Waals surface area contributed by atoms with Gasteiger partial charge in [0.25, 0.3) is 5.91 Å². The van der Waals surface area contributed by atoms with E-state index >= 15 is 0 Å². The second-order valence-electron chi connectivity index (χ2n) is 5.95. The third kappa shape index (κ3) is 3.56. The van der Waals surface area contributed by atoms with Crippen molar-refractivity contribution >= 4 is 5.91 Å². The number of methoxy groups -OCH3 is 1. The predicted molar refractivity (Wildman–Crippen MR) is 82.7 cm³/mol. The summed E-state index contributed by atoms with van der Waals surface area (Å²) in [5, 5.41) is 9.20. The summed E-state index contributed by atoms with van der Waals surface area (Å²) in [6.45, 7) is 2.20. The van der Waals surface area contributed by atoms with Gasteiger partial charge < -0.3 is 14.7 Å². The number of aliphatic hydroxyl groups excluding tert-OH is 1. The minimum absolute atomic E-state index is 0.0719. The molecule has 1 N–H and O–H groups in total. The van der Waals surface area contributed by atoms with Gasteiger partial charge in [-0.3, -0.25) is 4.79 Å². The van der Waals surface area contributed by atoms with Gasteiger partial charge in [0.1, 0.15) is 5.75 Å². The Morgan fingerprint density at radius 3 is 2.52 bits per heavy atom. The van der Waals surface area contributed by atoms with Crippen LogP contribution in [0.2, 0.25) is 0 Å². The molecule has 0 heterocycles. The van der Waals surface area contributed by atoms with Crippen LogP contribution in [0.4, 0.5) is 0 Å². The van der Waals surface area contributed by atoms with E-state index in [1.54, 1.807) is 7.11 Å². The number of rotatable bonds is 4. The van der Waals surface area contributed by atoms with Gasteiger partial charge in [-0.15, -0.1) is 0 Å². The zero-order valence-electron chi connectivity index (χ0n) is 13.1. The quantitative estimate of drug-likeness (QED) is 0.927. The Kier molecular flexibility index (Phi) is 5.23. The minimum Gasteiger partial charge on any atom is -0.497 e. The lowest BCUT2D eigenvalue weighted by molar-refractivity contribution is 0.0652. The van der Waals surface area contributed by atoms with E-state index in [1.165, 1.54) is 0 Å². The molecule has 0 atom stereocenters. The highest BCUT2D eigenvalue weighted by Crippen LogP contribution is 2.28. The SMILES string of the molecule is COc1ccc(C(=O)N(C)C2CCC(CO)CC2)c(C)c1. The van der Waals surface area contributed by atoms with Crippen LogP contribution in [0.1, 0.15) is 41.6 Å². The highest BCUT2D eigenvalue weighted by Gasteiger charge is 2.27. The Balaban J connectivity index is 2.06. The molecule has 0 saturated heterocycles. The van der Waals surface area contributed by atoms with Crippen molar-refractivity contribution in [1.82, 2.24) is 4.90 Å². The maximum atomic E-state index is 12.7. The van der Waals surface area contributed by atoms with E-state index in [4.69, 9.17) is 4.74 Å². The molecule has 0 radical (unpaired) electrons. The van der Waals surface area contributed by atoms with Crippen molar-refractivity contribution in [3.05, 3.63) is 29.3 Å². The maximum absolute atomic E-state index is 12.7. The van der Waals surface area contributed by atoms with Crippen molar-refractivity contribution in [3.8, 4) is 5.75 Å². The van der Waals surface area contributed by atoms with Crippen LogP contribution in [-0.4, -0.2) is 42.7 Å². The van der Waals surface area contributed by atoms with Gasteiger partial charge in [-0.25, -0.2) is 0 Å². The van der Waals surface area contributed by atoms with Crippen LogP contribution in [0.5, 0.6) is 5.75 Å². The number of benzene rings is 1. The average molecular weight is 291 g/mol. The third-order valence-electron chi connectivity index (χ3n) is 4.61. The zero-order valence-corrected chi connectivity index (χ0v) is 13.1. The van der Waals surface area contributed by atoms with Crippen molar-refractivity contribution in [3.63, 3.8) is 0 Å². The second-order valence-corrected chi connectivity index (χ2v) is 5.95. The van der Waals surface area contributed by atoms with Crippen molar-refractivity contribution in [2.24, 2.45) is 5.92 Å². The van der Waals surface area contributed by atoms with Gasteiger partial charge >= 0.3 is 0 Å². The average Bonchev–Trinajstić information content (AvgIpc) is 2.53. The number of nitrogens with zero attached hydrogens (tertiary/aromatic N) is 1. The Bertz CT molecular complexity index is 493. The topological polar surface area (TPSA) is 49.8 Å². The molecule has 0 aliphatic heterocycles. The smallest absolute Gasteiger partial charge is 0.254 e. The van der Waals surface area contributed by atoms with E-state index in [9.17, 15) is 9.90 Å². The first-order valence-electron chi connectivity index (χ1n) is 7.59. The summed E-state index contributed by atoms with van der Waals surface area (Å²) < 4.78 is 5.18. The fourth-order valence-electron chi connectivity index (χ4n) is 3.07. The minimum atomic E-state index is 0.0719. The first-order chi connectivity index (χ1) is 10.1. The second kappa shape index (κ2) is 6.94. The van der Waals surface area contributed by atoms with Gasteiger partial charge in [-0.1, -0.05) is 0 Å². The standard InChI is InChI=1S/C17H25NO3/c1-12-10-15(21-3)8-9-16(12)17(20)18(2)14-6-4-13(11-19)5-7-14/h8-10,13-14,19H,4-7,11H2,1-3H3. The summed E-state index contributed by atoms with van der Waals surface area (Å²) in [5.41, 5.74) is 1.68. The van der Waals surface area contributed by atoms with Gasteiger partial charge in [-0.05, 0) is 62.3 Å². The Labute approximate surface area is 126 Å². The molecule has 0 unspecified atom stereocenters. The zero-order chi connectivity index (χ0) is 15.4. The van der Waals surface area contributed by atoms with Gasteiger partial charge in [0.05, 0.1) is 7.11 Å². The van der Waals surface area contributed by atoms with E-state index in [1.807, 2.05) is 37.1 Å². The monoisotopic (exact) mass is 291 g/mol. The van der Waals surface area contributed by atoms with Crippen LogP contribution >= 0.6 is 0 Å². The van der Waals surface area contributed by atoms with Crippen molar-refractivity contribution in [2.75, 3.05) is 20.8 Å². The number of hydrogen-bond acceptors (Lipinski definition) is 3. The Morgan fingerprint density at radius 2 is 2.00 bits per heavy atom. The van der Waals surface area contributed by atoms with Crippen LogP contribution < -0.4 is 4.74 Å². The van der Waals surface area contributed by atoms with Crippen molar-refractivity contribution < 1.29 is 14.6 Å². The maximum Gasteiger partial charge on any atom is 0.254 e. The number of aryl methyl sites for hydroxylation is 1. The molecule has 116 valence electrons. The molecule has 1 aliphatic rings. The van der Waals surface area contributed by atoms with Crippen LogP contribution in [0, 0.1) is 12.8 Å². The number of ether oxygens (including phenoxy) is 1. The molecule has 1 aliphatic carbocycles. The summed E-state index contributed by atoms with van der Waals surface area (Å²) in [7, 11) is 3.51. The third-order valence-corrected chi connectivity index (χ3v) is 4.61. The highest BCUT2D eigenvalue weighted by molar-refractivity contribution is 5.95. The lowest BCUT2D eigenvalue weighted by atomic mass is 9.86. The van der Waals surface area contributed by atoms with Crippen molar-refractivity contribution in [2.45, 2.75) is 38.6 Å². The molecular formula is C17H25NO3. The van der Waals surface area contributed by atoms with E-state index in [0.29, 0.717) is 5.92 Å². The normalized spacial score (nSPS) is 21.9. The number of aliphatic hydroxyl groups is 1. The van der Waals surface area contributed by atoms with E-state index in [0.717, 1.165) is 42.6 Å². The number of carbonyl (C=O) groups is 1. The molecule has 4 nitrogen and oxygen atoms in total. The molecule has 1 amide bonds. The van der Waals surface area contributed by atoms with E-state index in [2.05, 4.69) is 0 Å². The molecule has 1 aromatic rings. The fourth-order valence-corrected chi connectivity index (χ4v) is 3.07. The van der Waals surface area contributed by atoms with Gasteiger partial charge in [-0.2, -0.15) is 0 Å². The lowest BCUT2D eigenvalue weighted by Crippen LogP contribution is -2.40. The fraction of sp³-hybridized carbons (Fsp3) is 0.588. The molecule has 0 spiro atoms. The van der Waals surface area contributed by atoms with Gasteiger partial charge in [0.15, 0.2) is 0 Å². The summed E-state index contributed by atoms with van der Waals surface area (Å²) in [6, 6.07) is 5.84. The molecule has 21 heavy (non-hydrogen) atoms. The molecule has 0 bridgehead atoms. The van der Waals surface area contributed by atoms with Gasteiger partial charge in [0.2, 0.25) is 0 Å². The van der Waals surface area contributed by atoms with E-state index in [-0.39, 0.29) is 18.6 Å². The largest absolute Gasteiger partial charge is 0.497 e. The predicted octanol–water partition coefficient (Wildman–Crippen LogP) is 2.63. The molecule has 1 saturated carbocycles. The first-order valence-corrected chi connectivity index (χ1v) is 7.59. The molecule has 2 rings (SSSR count). The number of carbonyl (C=O) groups excluding carboxylic acids is 1. The van der Waals surface area contributed by atoms with E-state index < -0.39 is 0 Å². The van der Waals surface area contributed by atoms with Crippen molar-refractivity contribution in [1.29, 1.82) is 0 Å². The van der Waals surface area contributed by atoms with Crippen LogP contribution in [0.15, 0.2) is 18.2 Å². The molecule has 1 fully saturated rings. The van der Waals surface area contributed by atoms with Crippen LogP contribution in [0.25, 0.3) is 0 Å². The lowest BCUT2D eigenvalue weighted by Gasteiger charge is -2.34. The molecular weight excluding hydrogens is 266 g/mol. The number of hydrogen-bond donors (Lipinski definition) is 1. The molecule has 0 aromatic heterocycles. The van der Waals surface area contributed by atoms with Gasteiger partial charge in [0, 0.05) is 25.3 Å². The summed E-state index contributed by atoms with van der Waals surface area (Å²) in [5.74, 6) is 1.25. The Hall–Kier alpha value is -1.55. The molecule has 1 aromatic carbocycles.